The van der Waals surface area contributed by atoms with E-state index in [1.165, 1.54) is 19.4 Å². The molecule has 462 valence electrons. The number of amides is 9. The van der Waals surface area contributed by atoms with Gasteiger partial charge in [-0.1, -0.05) is 63.9 Å². The number of aliphatic imine (C=N–C) groups is 2. The summed E-state index contributed by atoms with van der Waals surface area (Å²) in [6.45, 7) is 7.94. The molecule has 1 aromatic carbocycles. The fourth-order valence-electron chi connectivity index (χ4n) is 8.01. The number of H-pyrrole nitrogens is 1. The van der Waals surface area contributed by atoms with Crippen molar-refractivity contribution in [1.29, 1.82) is 0 Å². The van der Waals surface area contributed by atoms with Gasteiger partial charge in [0.25, 0.3) is 0 Å². The lowest BCUT2D eigenvalue weighted by atomic mass is 9.96. The number of aliphatic carboxylic acids is 1. The number of aromatic nitrogens is 2. The number of imidazole rings is 1. The first kappa shape index (κ1) is 70.7. The van der Waals surface area contributed by atoms with Crippen LogP contribution < -0.4 is 71.2 Å². The Morgan fingerprint density at radius 2 is 1.18 bits per heavy atom. The molecule has 1 heterocycles. The highest BCUT2D eigenvalue weighted by Gasteiger charge is 2.37. The molecule has 0 aliphatic carbocycles. The number of aromatic amines is 1. The molecule has 2 aromatic rings. The zero-order valence-electron chi connectivity index (χ0n) is 47.9. The molecular weight excluding hydrogens is 1080 g/mol. The minimum Gasteiger partial charge on any atom is -0.480 e. The molecule has 31 nitrogen and oxygen atoms in total. The molecule has 0 aliphatic rings. The van der Waals surface area contributed by atoms with E-state index in [9.17, 15) is 63.3 Å². The van der Waals surface area contributed by atoms with E-state index in [4.69, 9.17) is 28.7 Å². The van der Waals surface area contributed by atoms with Crippen molar-refractivity contribution in [3.05, 3.63) is 54.1 Å². The van der Waals surface area contributed by atoms with Gasteiger partial charge in [0.1, 0.15) is 48.8 Å². The molecule has 1 unspecified atom stereocenters. The summed E-state index contributed by atoms with van der Waals surface area (Å²) in [5.74, 6) is -10.1. The van der Waals surface area contributed by atoms with Crippen LogP contribution in [0.25, 0.3) is 0 Å². The number of nitrogens with one attached hydrogen (secondary N) is 9. The van der Waals surface area contributed by atoms with Gasteiger partial charge in [0.2, 0.25) is 53.2 Å². The first-order valence-corrected chi connectivity index (χ1v) is 27.3. The van der Waals surface area contributed by atoms with Gasteiger partial charge in [-0.25, -0.2) is 4.98 Å². The summed E-state index contributed by atoms with van der Waals surface area (Å²) >= 11 is 0. The lowest BCUT2D eigenvalue weighted by Crippen LogP contribution is -2.63. The first-order chi connectivity index (χ1) is 39.2. The summed E-state index contributed by atoms with van der Waals surface area (Å²) in [7, 11) is 0. The molecule has 1 aromatic heterocycles. The van der Waals surface area contributed by atoms with Gasteiger partial charge in [0, 0.05) is 44.4 Å². The largest absolute Gasteiger partial charge is 0.480 e. The van der Waals surface area contributed by atoms with Crippen LogP contribution in [0.4, 0.5) is 0 Å². The van der Waals surface area contributed by atoms with Crippen molar-refractivity contribution >= 4 is 71.1 Å². The van der Waals surface area contributed by atoms with Crippen molar-refractivity contribution in [2.45, 2.75) is 160 Å². The van der Waals surface area contributed by atoms with Gasteiger partial charge < -0.3 is 96.4 Å². The first-order valence-electron chi connectivity index (χ1n) is 27.3. The monoisotopic (exact) mass is 1170 g/mol. The Morgan fingerprint density at radius 1 is 0.639 bits per heavy atom. The second-order valence-electron chi connectivity index (χ2n) is 20.0. The molecule has 11 atom stereocenters. The van der Waals surface area contributed by atoms with Crippen LogP contribution in [0.2, 0.25) is 0 Å². The summed E-state index contributed by atoms with van der Waals surface area (Å²) in [6, 6.07) is -2.80. The van der Waals surface area contributed by atoms with E-state index in [1.54, 1.807) is 44.2 Å². The molecule has 0 spiro atoms. The number of unbranched alkanes of at least 4 members (excludes halogenated alkanes) is 1. The van der Waals surface area contributed by atoms with Gasteiger partial charge in [-0.05, 0) is 64.4 Å². The zero-order valence-corrected chi connectivity index (χ0v) is 47.9. The van der Waals surface area contributed by atoms with Crippen LogP contribution in [0.15, 0.2) is 52.8 Å². The molecule has 31 heteroatoms. The van der Waals surface area contributed by atoms with E-state index in [0.717, 1.165) is 18.7 Å². The zero-order chi connectivity index (χ0) is 62.3. The Balaban J connectivity index is 2.32. The van der Waals surface area contributed by atoms with Gasteiger partial charge in [0.15, 0.2) is 11.9 Å². The molecule has 0 saturated heterocycles. The lowest BCUT2D eigenvalue weighted by Gasteiger charge is -2.31. The smallest absolute Gasteiger partial charge is 0.323 e. The fourth-order valence-corrected chi connectivity index (χ4v) is 8.01. The number of hydrogen-bond donors (Lipinski definition) is 17. The number of nitrogens with zero attached hydrogens (tertiary/aromatic N) is 4. The molecule has 83 heavy (non-hydrogen) atoms. The maximum absolute atomic E-state index is 14.2. The summed E-state index contributed by atoms with van der Waals surface area (Å²) in [6.07, 6.45) is 1.16. The predicted molar refractivity (Wildman–Crippen MR) is 304 cm³/mol. The number of benzene rings is 1. The van der Waals surface area contributed by atoms with Crippen molar-refractivity contribution in [2.75, 3.05) is 32.7 Å². The molecule has 0 saturated carbocycles. The average molecular weight is 1170 g/mol. The normalized spacial score (nSPS) is 15.0. The van der Waals surface area contributed by atoms with Crippen molar-refractivity contribution in [3.8, 4) is 0 Å². The summed E-state index contributed by atoms with van der Waals surface area (Å²) in [4.78, 5) is 151. The highest BCUT2D eigenvalue weighted by Crippen LogP contribution is 2.14. The number of carbonyl (C=O) groups is 10. The molecule has 0 radical (unpaired) electrons. The standard InChI is InChI=1S/C52H86N18O13/c1-7-9-21-70(26-39(74)75)50(83)40(28(3)8-2)67-45(78)35(18-14-20-60-52(56)57)64-38(73)25-61-48(81)41(30(5)71)69-49(82)42(31(6)72)68-47(80)37(23-33-24-58-27-62-33)66-46(79)36(22-32-15-11-10-12-16-32)65-43(76)29(4)63-44(77)34(53)17-13-19-59-51(54)55/h10-12,15-16,24,27-31,34-37,40-42,71-72H,7-9,13-14,17-23,25-26,53H2,1-6H3,(H,58,62)(H,61,81)(H,63,77)(H,64,73)(H,65,76)(H,66,79)(H,67,78)(H,68,80)(H,69,82)(H,74,75)(H4,54,55,59)(H4,56,57,60)/t28?,29-,30+,31+,34-,35-,36+,37-,40-,41-,42-/m0/s1. The summed E-state index contributed by atoms with van der Waals surface area (Å²) in [5, 5.41) is 50.9. The third-order valence-electron chi connectivity index (χ3n) is 12.9. The maximum atomic E-state index is 14.2. The number of rotatable bonds is 38. The fraction of sp³-hybridized carbons (Fsp3) is 0.596. The van der Waals surface area contributed by atoms with Gasteiger partial charge in [0.05, 0.1) is 31.1 Å². The van der Waals surface area contributed by atoms with Crippen LogP contribution in [0, 0.1) is 5.92 Å². The Labute approximate surface area is 481 Å². The number of guanidine groups is 2. The quantitative estimate of drug-likeness (QED) is 0.0170. The van der Waals surface area contributed by atoms with E-state index in [0.29, 0.717) is 36.9 Å². The number of aliphatic hydroxyl groups excluding tert-OH is 2. The van der Waals surface area contributed by atoms with Gasteiger partial charge in [-0.3, -0.25) is 57.9 Å². The molecule has 22 N–H and O–H groups in total. The molecule has 0 bridgehead atoms. The Kier molecular flexibility index (Phi) is 31.3. The second-order valence-corrected chi connectivity index (χ2v) is 20.0. The minimum atomic E-state index is -1.85. The summed E-state index contributed by atoms with van der Waals surface area (Å²) in [5.41, 5.74) is 28.5. The second kappa shape index (κ2) is 36.8. The van der Waals surface area contributed by atoms with Crippen LogP contribution in [0.3, 0.4) is 0 Å². The van der Waals surface area contributed by atoms with E-state index in [-0.39, 0.29) is 63.7 Å². The number of carboxylic acid groups (broad SMARTS) is 1. The van der Waals surface area contributed by atoms with Gasteiger partial charge in [-0.15, -0.1) is 0 Å². The Hall–Kier alpha value is -8.45. The SMILES string of the molecule is CCCCN(CC(=O)O)C(=O)[C@@H](NC(=O)[C@H](CCCN=C(N)N)NC(=O)CNC(=O)[C@@H](NC(=O)[C@@H](NC(=O)[C@H](Cc1cnc[nH]1)NC(=O)[C@@H](Cc1ccccc1)NC(=O)[C@H](C)NC(=O)[C@@H](N)CCCN=C(N)N)[C@@H](C)O)[C@@H](C)O)C(C)CC. The topological polar surface area (TPSA) is 514 Å². The van der Waals surface area contributed by atoms with Crippen molar-refractivity contribution in [2.24, 2.45) is 44.6 Å². The van der Waals surface area contributed by atoms with E-state index < -0.39 is 139 Å². The van der Waals surface area contributed by atoms with Crippen LogP contribution in [0.5, 0.6) is 0 Å². The minimum absolute atomic E-state index is 0.0412. The molecule has 9 amide bonds. The van der Waals surface area contributed by atoms with Crippen LogP contribution >= 0.6 is 0 Å². The van der Waals surface area contributed by atoms with E-state index in [1.807, 2.05) is 6.92 Å². The molecule has 0 aliphatic heterocycles. The van der Waals surface area contributed by atoms with E-state index >= 15 is 0 Å². The number of nitrogens with two attached hydrogens (primary N) is 5. The highest BCUT2D eigenvalue weighted by atomic mass is 16.4. The molecular formula is C52H86N18O13. The molecule has 2 rings (SSSR count). The number of carboxylic acids is 1. The van der Waals surface area contributed by atoms with Gasteiger partial charge in [-0.2, -0.15) is 0 Å². The number of carbonyl (C=O) groups excluding carboxylic acids is 9. The van der Waals surface area contributed by atoms with Crippen LogP contribution in [-0.2, 0) is 60.8 Å². The van der Waals surface area contributed by atoms with Crippen LogP contribution in [-0.4, -0.2) is 195 Å². The molecule has 0 fully saturated rings. The Bertz CT molecular complexity index is 2490. The van der Waals surface area contributed by atoms with Crippen molar-refractivity contribution in [1.82, 2.24) is 57.4 Å². The third kappa shape index (κ3) is 26.3. The average Bonchev–Trinajstić information content (AvgIpc) is 3.97. The number of hydrogen-bond acceptors (Lipinski definition) is 16. The lowest BCUT2D eigenvalue weighted by molar-refractivity contribution is -0.146. The van der Waals surface area contributed by atoms with E-state index in [2.05, 4.69) is 62.5 Å². The van der Waals surface area contributed by atoms with Crippen molar-refractivity contribution in [3.63, 3.8) is 0 Å². The maximum Gasteiger partial charge on any atom is 0.323 e. The predicted octanol–water partition coefficient (Wildman–Crippen LogP) is -5.32. The number of aliphatic hydroxyl groups is 2. The van der Waals surface area contributed by atoms with Crippen molar-refractivity contribution < 1.29 is 63.3 Å². The third-order valence-corrected chi connectivity index (χ3v) is 12.9. The highest BCUT2D eigenvalue weighted by molar-refractivity contribution is 5.98. The van der Waals surface area contributed by atoms with Crippen LogP contribution in [0.1, 0.15) is 97.7 Å². The Morgan fingerprint density at radius 3 is 1.73 bits per heavy atom. The van der Waals surface area contributed by atoms with Gasteiger partial charge >= 0.3 is 5.97 Å². The summed E-state index contributed by atoms with van der Waals surface area (Å²) < 4.78 is 0.